The van der Waals surface area contributed by atoms with Gasteiger partial charge in [0.1, 0.15) is 0 Å². The number of carbonyl (C=O) groups excluding carboxylic acids is 1. The molecule has 1 heterocycles. The van der Waals surface area contributed by atoms with Gasteiger partial charge in [-0.1, -0.05) is 18.5 Å². The van der Waals surface area contributed by atoms with Crippen molar-refractivity contribution in [2.75, 3.05) is 19.8 Å². The number of rotatable bonds is 2. The van der Waals surface area contributed by atoms with E-state index >= 15 is 0 Å². The van der Waals surface area contributed by atoms with E-state index < -0.39 is 0 Å². The van der Waals surface area contributed by atoms with Gasteiger partial charge in [0.05, 0.1) is 24.3 Å². The van der Waals surface area contributed by atoms with Crippen LogP contribution in [0.15, 0.2) is 22.7 Å². The standard InChI is InChI=1S/C13H15BrClNO2/c1-2-10-8-18-6-5-16(10)13(17)9-3-4-11(14)12(15)7-9/h3-4,7,10H,2,5-6,8H2,1H3. The molecule has 1 saturated heterocycles. The van der Waals surface area contributed by atoms with Crippen molar-refractivity contribution in [2.24, 2.45) is 0 Å². The van der Waals surface area contributed by atoms with Crippen LogP contribution in [0.2, 0.25) is 5.02 Å². The third-order valence-electron chi connectivity index (χ3n) is 3.13. The van der Waals surface area contributed by atoms with Crippen molar-refractivity contribution in [3.63, 3.8) is 0 Å². The highest BCUT2D eigenvalue weighted by molar-refractivity contribution is 9.10. The maximum Gasteiger partial charge on any atom is 0.254 e. The largest absolute Gasteiger partial charge is 0.377 e. The van der Waals surface area contributed by atoms with Crippen LogP contribution >= 0.6 is 27.5 Å². The van der Waals surface area contributed by atoms with E-state index in [1.54, 1.807) is 18.2 Å². The number of nitrogens with zero attached hydrogens (tertiary/aromatic N) is 1. The second-order valence-corrected chi connectivity index (χ2v) is 5.53. The Morgan fingerprint density at radius 1 is 1.61 bits per heavy atom. The molecule has 0 aliphatic carbocycles. The van der Waals surface area contributed by atoms with Crippen LogP contribution in [0.4, 0.5) is 0 Å². The zero-order chi connectivity index (χ0) is 13.1. The Morgan fingerprint density at radius 2 is 2.39 bits per heavy atom. The third kappa shape index (κ3) is 2.87. The summed E-state index contributed by atoms with van der Waals surface area (Å²) in [4.78, 5) is 14.3. The highest BCUT2D eigenvalue weighted by atomic mass is 79.9. The molecule has 98 valence electrons. The lowest BCUT2D eigenvalue weighted by Crippen LogP contribution is -2.48. The fraction of sp³-hybridized carbons (Fsp3) is 0.462. The van der Waals surface area contributed by atoms with Crippen molar-refractivity contribution in [2.45, 2.75) is 19.4 Å². The highest BCUT2D eigenvalue weighted by Gasteiger charge is 2.26. The number of morpholine rings is 1. The van der Waals surface area contributed by atoms with Crippen molar-refractivity contribution >= 4 is 33.4 Å². The molecule has 3 nitrogen and oxygen atoms in total. The van der Waals surface area contributed by atoms with Crippen molar-refractivity contribution in [1.29, 1.82) is 0 Å². The van der Waals surface area contributed by atoms with E-state index in [4.69, 9.17) is 16.3 Å². The highest BCUT2D eigenvalue weighted by Crippen LogP contribution is 2.24. The molecule has 0 radical (unpaired) electrons. The number of amides is 1. The molecule has 0 aromatic heterocycles. The Bertz CT molecular complexity index is 453. The normalized spacial score (nSPS) is 19.9. The molecular weight excluding hydrogens is 318 g/mol. The molecular formula is C13H15BrClNO2. The number of carbonyl (C=O) groups is 1. The fourth-order valence-electron chi connectivity index (χ4n) is 2.06. The Labute approximate surface area is 120 Å². The molecule has 1 aromatic rings. The van der Waals surface area contributed by atoms with E-state index in [9.17, 15) is 4.79 Å². The first-order valence-electron chi connectivity index (χ1n) is 5.97. The average Bonchev–Trinajstić information content (AvgIpc) is 2.41. The van der Waals surface area contributed by atoms with Crippen LogP contribution in [-0.4, -0.2) is 36.6 Å². The van der Waals surface area contributed by atoms with Crippen LogP contribution in [0.3, 0.4) is 0 Å². The van der Waals surface area contributed by atoms with E-state index in [2.05, 4.69) is 22.9 Å². The average molecular weight is 333 g/mol. The predicted octanol–water partition coefficient (Wildman–Crippen LogP) is 3.35. The molecule has 0 spiro atoms. The minimum atomic E-state index is 0.0274. The summed E-state index contributed by atoms with van der Waals surface area (Å²) in [5.41, 5.74) is 0.628. The maximum absolute atomic E-state index is 12.4. The number of halogens is 2. The number of ether oxygens (including phenoxy) is 1. The minimum Gasteiger partial charge on any atom is -0.377 e. The van der Waals surface area contributed by atoms with E-state index in [0.717, 1.165) is 10.9 Å². The summed E-state index contributed by atoms with van der Waals surface area (Å²) in [6, 6.07) is 5.46. The smallest absolute Gasteiger partial charge is 0.254 e. The predicted molar refractivity (Wildman–Crippen MR) is 75.1 cm³/mol. The molecule has 5 heteroatoms. The van der Waals surface area contributed by atoms with Crippen molar-refractivity contribution < 1.29 is 9.53 Å². The van der Waals surface area contributed by atoms with Gasteiger partial charge in [0.2, 0.25) is 0 Å². The summed E-state index contributed by atoms with van der Waals surface area (Å²) in [5, 5.41) is 0.558. The van der Waals surface area contributed by atoms with Gasteiger partial charge in [-0.05, 0) is 40.5 Å². The van der Waals surface area contributed by atoms with Gasteiger partial charge in [0, 0.05) is 16.6 Å². The van der Waals surface area contributed by atoms with E-state index in [0.29, 0.717) is 30.3 Å². The first-order valence-corrected chi connectivity index (χ1v) is 7.14. The first kappa shape index (κ1) is 13.8. The molecule has 1 fully saturated rings. The summed E-state index contributed by atoms with van der Waals surface area (Å²) in [7, 11) is 0. The monoisotopic (exact) mass is 331 g/mol. The van der Waals surface area contributed by atoms with Crippen LogP contribution in [0, 0.1) is 0 Å². The molecule has 0 bridgehead atoms. The fourth-order valence-corrected chi connectivity index (χ4v) is 2.48. The van der Waals surface area contributed by atoms with Gasteiger partial charge in [0.25, 0.3) is 5.91 Å². The lowest BCUT2D eigenvalue weighted by Gasteiger charge is -2.35. The van der Waals surface area contributed by atoms with Gasteiger partial charge in [-0.3, -0.25) is 4.79 Å². The molecule has 18 heavy (non-hydrogen) atoms. The number of benzene rings is 1. The third-order valence-corrected chi connectivity index (χ3v) is 4.36. The quantitative estimate of drug-likeness (QED) is 0.831. The van der Waals surface area contributed by atoms with Crippen LogP contribution in [0.5, 0.6) is 0 Å². The van der Waals surface area contributed by atoms with Crippen LogP contribution in [0.25, 0.3) is 0 Å². The number of hydrogen-bond acceptors (Lipinski definition) is 2. The second kappa shape index (κ2) is 6.04. The van der Waals surface area contributed by atoms with Crippen molar-refractivity contribution in [1.82, 2.24) is 4.90 Å². The lowest BCUT2D eigenvalue weighted by molar-refractivity contribution is -0.00279. The van der Waals surface area contributed by atoms with Crippen LogP contribution in [0.1, 0.15) is 23.7 Å². The topological polar surface area (TPSA) is 29.5 Å². The molecule has 1 amide bonds. The zero-order valence-electron chi connectivity index (χ0n) is 10.2. The van der Waals surface area contributed by atoms with Gasteiger partial charge in [-0.25, -0.2) is 0 Å². The molecule has 0 N–H and O–H groups in total. The summed E-state index contributed by atoms with van der Waals surface area (Å²) in [6.07, 6.45) is 0.899. The lowest BCUT2D eigenvalue weighted by atomic mass is 10.1. The number of hydrogen-bond donors (Lipinski definition) is 0. The Balaban J connectivity index is 2.21. The Hall–Kier alpha value is -0.580. The molecule has 1 aromatic carbocycles. The van der Waals surface area contributed by atoms with Gasteiger partial charge >= 0.3 is 0 Å². The molecule has 2 rings (SSSR count). The van der Waals surface area contributed by atoms with E-state index in [1.807, 2.05) is 4.90 Å². The van der Waals surface area contributed by atoms with E-state index in [-0.39, 0.29) is 11.9 Å². The second-order valence-electron chi connectivity index (χ2n) is 4.26. The van der Waals surface area contributed by atoms with Crippen molar-refractivity contribution in [3.05, 3.63) is 33.3 Å². The van der Waals surface area contributed by atoms with Gasteiger partial charge in [-0.2, -0.15) is 0 Å². The molecule has 1 atom stereocenters. The molecule has 0 saturated carbocycles. The van der Waals surface area contributed by atoms with Gasteiger partial charge in [-0.15, -0.1) is 0 Å². The minimum absolute atomic E-state index is 0.0274. The maximum atomic E-state index is 12.4. The van der Waals surface area contributed by atoms with E-state index in [1.165, 1.54) is 0 Å². The zero-order valence-corrected chi connectivity index (χ0v) is 12.5. The Morgan fingerprint density at radius 3 is 3.06 bits per heavy atom. The van der Waals surface area contributed by atoms with Gasteiger partial charge < -0.3 is 9.64 Å². The van der Waals surface area contributed by atoms with Crippen LogP contribution in [-0.2, 0) is 4.74 Å². The summed E-state index contributed by atoms with van der Waals surface area (Å²) in [5.74, 6) is 0.0274. The summed E-state index contributed by atoms with van der Waals surface area (Å²) >= 11 is 9.35. The summed E-state index contributed by atoms with van der Waals surface area (Å²) in [6.45, 7) is 3.93. The Kier molecular flexibility index (Phi) is 4.65. The SMILES string of the molecule is CCC1COCCN1C(=O)c1ccc(Br)c(Cl)c1. The first-order chi connectivity index (χ1) is 8.63. The van der Waals surface area contributed by atoms with Crippen LogP contribution < -0.4 is 0 Å². The molecule has 1 aliphatic heterocycles. The van der Waals surface area contributed by atoms with Gasteiger partial charge in [0.15, 0.2) is 0 Å². The van der Waals surface area contributed by atoms with Crippen molar-refractivity contribution in [3.8, 4) is 0 Å². The summed E-state index contributed by atoms with van der Waals surface area (Å²) < 4.78 is 6.21. The molecule has 1 aliphatic rings. The molecule has 1 unspecified atom stereocenters.